The molecule has 4 heteroatoms. The zero-order valence-electron chi connectivity index (χ0n) is 9.77. The molecule has 0 aliphatic rings. The molecule has 0 heterocycles. The summed E-state index contributed by atoms with van der Waals surface area (Å²) in [6.07, 6.45) is 2.74. The molecule has 1 unspecified atom stereocenters. The third-order valence-electron chi connectivity index (χ3n) is 2.58. The molecule has 2 N–H and O–H groups in total. The minimum Gasteiger partial charge on any atom is -0.325 e. The van der Waals surface area contributed by atoms with Crippen molar-refractivity contribution >= 4 is 5.69 Å². The maximum atomic E-state index is 10.5. The number of nitro benzene ring substituents is 1. The van der Waals surface area contributed by atoms with Gasteiger partial charge in [-0.2, -0.15) is 0 Å². The number of nitrogens with zero attached hydrogens (tertiary/aromatic N) is 1. The second-order valence-corrected chi connectivity index (χ2v) is 4.50. The number of nitro groups is 1. The van der Waals surface area contributed by atoms with E-state index in [4.69, 9.17) is 5.73 Å². The fourth-order valence-corrected chi connectivity index (χ4v) is 1.86. The van der Waals surface area contributed by atoms with Crippen molar-refractivity contribution in [3.05, 3.63) is 39.9 Å². The van der Waals surface area contributed by atoms with Crippen LogP contribution in [0.5, 0.6) is 0 Å². The maximum absolute atomic E-state index is 10.5. The first-order valence-corrected chi connectivity index (χ1v) is 5.47. The maximum Gasteiger partial charge on any atom is 0.269 e. The Balaban J connectivity index is 2.72. The number of rotatable bonds is 5. The lowest BCUT2D eigenvalue weighted by Crippen LogP contribution is -2.38. The molecule has 0 bridgehead atoms. The Bertz CT molecular complexity index is 358. The highest BCUT2D eigenvalue weighted by atomic mass is 16.6. The van der Waals surface area contributed by atoms with Gasteiger partial charge < -0.3 is 5.73 Å². The largest absolute Gasteiger partial charge is 0.325 e. The van der Waals surface area contributed by atoms with Crippen LogP contribution >= 0.6 is 0 Å². The van der Waals surface area contributed by atoms with Gasteiger partial charge in [-0.3, -0.25) is 10.1 Å². The predicted molar refractivity (Wildman–Crippen MR) is 64.3 cm³/mol. The average Bonchev–Trinajstić information content (AvgIpc) is 2.17. The zero-order chi connectivity index (χ0) is 12.2. The van der Waals surface area contributed by atoms with E-state index in [2.05, 4.69) is 6.92 Å². The van der Waals surface area contributed by atoms with Crippen molar-refractivity contribution in [1.82, 2.24) is 0 Å². The Morgan fingerprint density at radius 3 is 2.38 bits per heavy atom. The third kappa shape index (κ3) is 3.62. The standard InChI is InChI=1S/C12H18N2O2/c1-3-8-12(2,13)9-10-4-6-11(7-5-10)14(15)16/h4-7H,3,8-9,13H2,1-2H3. The average molecular weight is 222 g/mol. The number of hydrogen-bond acceptors (Lipinski definition) is 3. The highest BCUT2D eigenvalue weighted by Gasteiger charge is 2.18. The van der Waals surface area contributed by atoms with Gasteiger partial charge in [0.1, 0.15) is 0 Å². The van der Waals surface area contributed by atoms with E-state index in [0.717, 1.165) is 24.8 Å². The second kappa shape index (κ2) is 5.07. The fourth-order valence-electron chi connectivity index (χ4n) is 1.86. The molecule has 0 fully saturated rings. The van der Waals surface area contributed by atoms with E-state index in [9.17, 15) is 10.1 Å². The quantitative estimate of drug-likeness (QED) is 0.615. The first-order valence-electron chi connectivity index (χ1n) is 5.47. The van der Waals surface area contributed by atoms with Gasteiger partial charge in [0.15, 0.2) is 0 Å². The smallest absolute Gasteiger partial charge is 0.269 e. The molecular formula is C12H18N2O2. The molecule has 0 aliphatic heterocycles. The lowest BCUT2D eigenvalue weighted by Gasteiger charge is -2.23. The minimum atomic E-state index is -0.391. The van der Waals surface area contributed by atoms with Crippen LogP contribution < -0.4 is 5.73 Å². The van der Waals surface area contributed by atoms with Crippen LogP contribution in [0, 0.1) is 10.1 Å². The number of hydrogen-bond donors (Lipinski definition) is 1. The SMILES string of the molecule is CCCC(C)(N)Cc1ccc([N+](=O)[O-])cc1. The van der Waals surface area contributed by atoms with Gasteiger partial charge in [-0.25, -0.2) is 0 Å². The monoisotopic (exact) mass is 222 g/mol. The van der Waals surface area contributed by atoms with Crippen LogP contribution in [-0.2, 0) is 6.42 Å². The van der Waals surface area contributed by atoms with Gasteiger partial charge >= 0.3 is 0 Å². The van der Waals surface area contributed by atoms with Crippen LogP contribution in [0.25, 0.3) is 0 Å². The molecule has 0 radical (unpaired) electrons. The van der Waals surface area contributed by atoms with Crippen molar-refractivity contribution < 1.29 is 4.92 Å². The summed E-state index contributed by atoms with van der Waals surface area (Å²) < 4.78 is 0. The second-order valence-electron chi connectivity index (χ2n) is 4.50. The Hall–Kier alpha value is -1.42. The van der Waals surface area contributed by atoms with Crippen LogP contribution in [0.4, 0.5) is 5.69 Å². The summed E-state index contributed by atoms with van der Waals surface area (Å²) in [4.78, 5) is 10.1. The lowest BCUT2D eigenvalue weighted by molar-refractivity contribution is -0.384. The van der Waals surface area contributed by atoms with E-state index in [1.165, 1.54) is 12.1 Å². The van der Waals surface area contributed by atoms with Crippen molar-refractivity contribution in [2.75, 3.05) is 0 Å². The summed E-state index contributed by atoms with van der Waals surface area (Å²) in [6, 6.07) is 6.60. The Morgan fingerprint density at radius 1 is 1.38 bits per heavy atom. The molecule has 88 valence electrons. The Labute approximate surface area is 95.6 Å². The summed E-state index contributed by atoms with van der Waals surface area (Å²) in [6.45, 7) is 4.11. The first kappa shape index (κ1) is 12.6. The van der Waals surface area contributed by atoms with Crippen LogP contribution in [-0.4, -0.2) is 10.5 Å². The lowest BCUT2D eigenvalue weighted by atomic mass is 9.89. The molecule has 0 amide bonds. The van der Waals surface area contributed by atoms with Crippen LogP contribution in [0.3, 0.4) is 0 Å². The highest BCUT2D eigenvalue weighted by Crippen LogP contribution is 2.18. The first-order chi connectivity index (χ1) is 7.44. The molecule has 16 heavy (non-hydrogen) atoms. The van der Waals surface area contributed by atoms with Crippen molar-refractivity contribution in [2.45, 2.75) is 38.6 Å². The van der Waals surface area contributed by atoms with E-state index in [1.807, 2.05) is 6.92 Å². The van der Waals surface area contributed by atoms with Gasteiger partial charge in [0.25, 0.3) is 5.69 Å². The summed E-state index contributed by atoms with van der Waals surface area (Å²) >= 11 is 0. The van der Waals surface area contributed by atoms with Crippen LogP contribution in [0.15, 0.2) is 24.3 Å². The fraction of sp³-hybridized carbons (Fsp3) is 0.500. The van der Waals surface area contributed by atoms with Gasteiger partial charge in [-0.1, -0.05) is 25.5 Å². The van der Waals surface area contributed by atoms with Gasteiger partial charge in [0.05, 0.1) is 4.92 Å². The van der Waals surface area contributed by atoms with Crippen molar-refractivity contribution in [1.29, 1.82) is 0 Å². The van der Waals surface area contributed by atoms with Gasteiger partial charge in [0, 0.05) is 17.7 Å². The van der Waals surface area contributed by atoms with Gasteiger partial charge in [0.2, 0.25) is 0 Å². The molecule has 0 saturated carbocycles. The van der Waals surface area contributed by atoms with E-state index in [1.54, 1.807) is 12.1 Å². The number of non-ortho nitro benzene ring substituents is 1. The van der Waals surface area contributed by atoms with E-state index >= 15 is 0 Å². The number of nitrogens with two attached hydrogens (primary N) is 1. The van der Waals surface area contributed by atoms with E-state index in [0.29, 0.717) is 0 Å². The van der Waals surface area contributed by atoms with E-state index in [-0.39, 0.29) is 11.2 Å². The molecule has 1 atom stereocenters. The molecule has 0 spiro atoms. The molecule has 0 aromatic heterocycles. The topological polar surface area (TPSA) is 69.2 Å². The minimum absolute atomic E-state index is 0.123. The summed E-state index contributed by atoms with van der Waals surface area (Å²) in [5, 5.41) is 10.5. The molecule has 1 aromatic rings. The molecule has 0 aliphatic carbocycles. The summed E-state index contributed by atoms with van der Waals surface area (Å²) in [5.41, 5.74) is 7.06. The van der Waals surface area contributed by atoms with Gasteiger partial charge in [-0.15, -0.1) is 0 Å². The Morgan fingerprint density at radius 2 is 1.94 bits per heavy atom. The van der Waals surface area contributed by atoms with Crippen molar-refractivity contribution in [3.8, 4) is 0 Å². The van der Waals surface area contributed by atoms with Crippen LogP contribution in [0.1, 0.15) is 32.3 Å². The van der Waals surface area contributed by atoms with Gasteiger partial charge in [-0.05, 0) is 25.3 Å². The van der Waals surface area contributed by atoms with Crippen molar-refractivity contribution in [2.24, 2.45) is 5.73 Å². The van der Waals surface area contributed by atoms with E-state index < -0.39 is 4.92 Å². The van der Waals surface area contributed by atoms with Crippen molar-refractivity contribution in [3.63, 3.8) is 0 Å². The third-order valence-corrected chi connectivity index (χ3v) is 2.58. The summed E-state index contributed by atoms with van der Waals surface area (Å²) in [7, 11) is 0. The molecule has 1 aromatic carbocycles. The zero-order valence-corrected chi connectivity index (χ0v) is 9.77. The Kier molecular flexibility index (Phi) is 4.01. The van der Waals surface area contributed by atoms with Crippen LogP contribution in [0.2, 0.25) is 0 Å². The predicted octanol–water partition coefficient (Wildman–Crippen LogP) is 2.65. The number of benzene rings is 1. The highest BCUT2D eigenvalue weighted by molar-refractivity contribution is 5.33. The summed E-state index contributed by atoms with van der Waals surface area (Å²) in [5.74, 6) is 0. The molecule has 1 rings (SSSR count). The molecule has 4 nitrogen and oxygen atoms in total. The normalized spacial score (nSPS) is 14.4. The molecule has 0 saturated heterocycles. The molecular weight excluding hydrogens is 204 g/mol.